The van der Waals surface area contributed by atoms with Crippen LogP contribution in [-0.4, -0.2) is 12.5 Å². The first-order valence-corrected chi connectivity index (χ1v) is 7.40. The third-order valence-electron chi connectivity index (χ3n) is 4.00. The largest absolute Gasteiger partial charge is 0.355 e. The van der Waals surface area contributed by atoms with E-state index in [4.69, 9.17) is 0 Å². The molecule has 0 saturated carbocycles. The second-order valence-electron chi connectivity index (χ2n) is 6.01. The summed E-state index contributed by atoms with van der Waals surface area (Å²) in [6.07, 6.45) is 0. The molecule has 0 spiro atoms. The van der Waals surface area contributed by atoms with Crippen molar-refractivity contribution in [3.63, 3.8) is 0 Å². The molecule has 0 heterocycles. The highest BCUT2D eigenvalue weighted by molar-refractivity contribution is 5.87. The number of benzene rings is 2. The van der Waals surface area contributed by atoms with Crippen molar-refractivity contribution in [3.8, 4) is 0 Å². The van der Waals surface area contributed by atoms with E-state index in [1.807, 2.05) is 62.4 Å². The predicted octanol–water partition coefficient (Wildman–Crippen LogP) is 3.88. The Bertz CT molecular complexity index is 575. The Morgan fingerprint density at radius 1 is 1.00 bits per heavy atom. The van der Waals surface area contributed by atoms with Gasteiger partial charge in [0.2, 0.25) is 5.91 Å². The maximum Gasteiger partial charge on any atom is 0.230 e. The zero-order chi connectivity index (χ0) is 15.3. The number of hydrogen-bond donors (Lipinski definition) is 1. The zero-order valence-electron chi connectivity index (χ0n) is 13.0. The number of nitrogens with one attached hydrogen (secondary N) is 1. The van der Waals surface area contributed by atoms with E-state index in [1.165, 1.54) is 5.56 Å². The molecule has 2 aromatic carbocycles. The Morgan fingerprint density at radius 3 is 2.10 bits per heavy atom. The average molecular weight is 281 g/mol. The topological polar surface area (TPSA) is 29.1 Å². The van der Waals surface area contributed by atoms with Gasteiger partial charge in [-0.15, -0.1) is 0 Å². The van der Waals surface area contributed by atoms with E-state index >= 15 is 0 Å². The van der Waals surface area contributed by atoms with Gasteiger partial charge in [0.25, 0.3) is 0 Å². The van der Waals surface area contributed by atoms with Gasteiger partial charge in [-0.3, -0.25) is 4.79 Å². The van der Waals surface area contributed by atoms with E-state index in [2.05, 4.69) is 24.4 Å². The maximum atomic E-state index is 12.5. The van der Waals surface area contributed by atoms with Crippen molar-refractivity contribution in [3.05, 3.63) is 71.8 Å². The maximum absolute atomic E-state index is 12.5. The highest BCUT2D eigenvalue weighted by Crippen LogP contribution is 2.23. The van der Waals surface area contributed by atoms with Crippen LogP contribution in [0.5, 0.6) is 0 Å². The molecule has 1 N–H and O–H groups in total. The molecule has 2 heteroatoms. The molecule has 0 aromatic heterocycles. The molecule has 0 radical (unpaired) electrons. The Hall–Kier alpha value is -2.09. The lowest BCUT2D eigenvalue weighted by molar-refractivity contribution is -0.125. The summed E-state index contributed by atoms with van der Waals surface area (Å²) in [5, 5.41) is 3.08. The number of carbonyl (C=O) groups excluding carboxylic acids is 1. The molecule has 2 rings (SSSR count). The number of carbonyl (C=O) groups is 1. The minimum Gasteiger partial charge on any atom is -0.355 e. The fourth-order valence-electron chi connectivity index (χ4n) is 2.35. The molecule has 2 aromatic rings. The van der Waals surface area contributed by atoms with Gasteiger partial charge in [0.15, 0.2) is 0 Å². The Balaban J connectivity index is 1.99. The summed E-state index contributed by atoms with van der Waals surface area (Å²) < 4.78 is 0. The highest BCUT2D eigenvalue weighted by Gasteiger charge is 2.29. The standard InChI is InChI=1S/C19H23NO/c1-15(16-10-6-4-7-11-16)14-20-18(21)19(2,3)17-12-8-5-9-13-17/h4-13,15H,14H2,1-3H3,(H,20,21). The summed E-state index contributed by atoms with van der Waals surface area (Å²) in [6, 6.07) is 20.2. The molecule has 0 bridgehead atoms. The van der Waals surface area contributed by atoms with Crippen LogP contribution in [0.2, 0.25) is 0 Å². The van der Waals surface area contributed by atoms with Gasteiger partial charge in [-0.2, -0.15) is 0 Å². The molecule has 0 aliphatic carbocycles. The van der Waals surface area contributed by atoms with Gasteiger partial charge >= 0.3 is 0 Å². The van der Waals surface area contributed by atoms with Crippen LogP contribution in [0.15, 0.2) is 60.7 Å². The molecule has 110 valence electrons. The van der Waals surface area contributed by atoms with Crippen LogP contribution >= 0.6 is 0 Å². The number of rotatable bonds is 5. The van der Waals surface area contributed by atoms with Crippen LogP contribution < -0.4 is 5.32 Å². The molecule has 2 nitrogen and oxygen atoms in total. The van der Waals surface area contributed by atoms with Crippen molar-refractivity contribution in [2.75, 3.05) is 6.54 Å². The first-order chi connectivity index (χ1) is 10.0. The van der Waals surface area contributed by atoms with Crippen LogP contribution in [0, 0.1) is 0 Å². The normalized spacial score (nSPS) is 12.7. The molecular weight excluding hydrogens is 258 g/mol. The molecule has 0 aliphatic heterocycles. The van der Waals surface area contributed by atoms with Crippen LogP contribution in [0.3, 0.4) is 0 Å². The molecule has 0 aliphatic rings. The molecule has 0 saturated heterocycles. The van der Waals surface area contributed by atoms with E-state index in [0.29, 0.717) is 12.5 Å². The lowest BCUT2D eigenvalue weighted by Gasteiger charge is -2.25. The number of hydrogen-bond acceptors (Lipinski definition) is 1. The van der Waals surface area contributed by atoms with E-state index in [0.717, 1.165) is 5.56 Å². The smallest absolute Gasteiger partial charge is 0.230 e. The summed E-state index contributed by atoms with van der Waals surface area (Å²) in [6.45, 7) is 6.71. The van der Waals surface area contributed by atoms with Gasteiger partial charge in [0.1, 0.15) is 0 Å². The van der Waals surface area contributed by atoms with E-state index in [-0.39, 0.29) is 5.91 Å². The van der Waals surface area contributed by atoms with Crippen LogP contribution in [0.25, 0.3) is 0 Å². The van der Waals surface area contributed by atoms with Gasteiger partial charge in [0, 0.05) is 6.54 Å². The molecule has 21 heavy (non-hydrogen) atoms. The summed E-state index contributed by atoms with van der Waals surface area (Å²) in [5.41, 5.74) is 1.77. The Morgan fingerprint density at radius 2 is 1.52 bits per heavy atom. The third-order valence-corrected chi connectivity index (χ3v) is 4.00. The van der Waals surface area contributed by atoms with E-state index in [1.54, 1.807) is 0 Å². The predicted molar refractivity (Wildman–Crippen MR) is 87.3 cm³/mol. The van der Waals surface area contributed by atoms with Gasteiger partial charge in [-0.05, 0) is 30.9 Å². The van der Waals surface area contributed by atoms with Crippen LogP contribution in [0.4, 0.5) is 0 Å². The molecule has 0 fully saturated rings. The van der Waals surface area contributed by atoms with E-state index < -0.39 is 5.41 Å². The van der Waals surface area contributed by atoms with Gasteiger partial charge in [0.05, 0.1) is 5.41 Å². The van der Waals surface area contributed by atoms with Crippen LogP contribution in [0.1, 0.15) is 37.8 Å². The van der Waals surface area contributed by atoms with Crippen molar-refractivity contribution in [1.82, 2.24) is 5.32 Å². The quantitative estimate of drug-likeness (QED) is 0.885. The third kappa shape index (κ3) is 3.72. The fourth-order valence-corrected chi connectivity index (χ4v) is 2.35. The second-order valence-corrected chi connectivity index (χ2v) is 6.01. The van der Waals surface area contributed by atoms with Crippen molar-refractivity contribution < 1.29 is 4.79 Å². The zero-order valence-corrected chi connectivity index (χ0v) is 13.0. The average Bonchev–Trinajstić information content (AvgIpc) is 2.53. The van der Waals surface area contributed by atoms with Crippen LogP contribution in [-0.2, 0) is 10.2 Å². The molecule has 1 atom stereocenters. The summed E-state index contributed by atoms with van der Waals surface area (Å²) >= 11 is 0. The van der Waals surface area contributed by atoms with Gasteiger partial charge in [-0.25, -0.2) is 0 Å². The molecule has 1 unspecified atom stereocenters. The monoisotopic (exact) mass is 281 g/mol. The lowest BCUT2D eigenvalue weighted by atomic mass is 9.83. The van der Waals surface area contributed by atoms with Gasteiger partial charge in [-0.1, -0.05) is 67.6 Å². The van der Waals surface area contributed by atoms with Crippen molar-refractivity contribution in [1.29, 1.82) is 0 Å². The fraction of sp³-hybridized carbons (Fsp3) is 0.316. The lowest BCUT2D eigenvalue weighted by Crippen LogP contribution is -2.41. The molecular formula is C19H23NO. The summed E-state index contributed by atoms with van der Waals surface area (Å²) in [4.78, 5) is 12.5. The minimum absolute atomic E-state index is 0.0662. The second kappa shape index (κ2) is 6.57. The van der Waals surface area contributed by atoms with E-state index in [9.17, 15) is 4.79 Å². The van der Waals surface area contributed by atoms with Crippen molar-refractivity contribution in [2.45, 2.75) is 32.1 Å². The van der Waals surface area contributed by atoms with Crippen molar-refractivity contribution >= 4 is 5.91 Å². The minimum atomic E-state index is -0.516. The summed E-state index contributed by atoms with van der Waals surface area (Å²) in [7, 11) is 0. The SMILES string of the molecule is CC(CNC(=O)C(C)(C)c1ccccc1)c1ccccc1. The number of amides is 1. The Labute approximate surface area is 127 Å². The highest BCUT2D eigenvalue weighted by atomic mass is 16.2. The summed E-state index contributed by atoms with van der Waals surface area (Å²) in [5.74, 6) is 0.373. The first-order valence-electron chi connectivity index (χ1n) is 7.40. The van der Waals surface area contributed by atoms with Gasteiger partial charge < -0.3 is 5.32 Å². The molecule has 1 amide bonds. The van der Waals surface area contributed by atoms with Crippen molar-refractivity contribution in [2.24, 2.45) is 0 Å². The first kappa shape index (κ1) is 15.3. The Kier molecular flexibility index (Phi) is 4.79.